The van der Waals surface area contributed by atoms with Gasteiger partial charge in [0.05, 0.1) is 0 Å². The van der Waals surface area contributed by atoms with Crippen molar-refractivity contribution in [2.24, 2.45) is 0 Å². The lowest BCUT2D eigenvalue weighted by Crippen LogP contribution is -2.42. The minimum absolute atomic E-state index is 0.139. The van der Waals surface area contributed by atoms with Crippen LogP contribution < -0.4 is 16.0 Å². The lowest BCUT2D eigenvalue weighted by atomic mass is 10.0. The molecule has 0 atom stereocenters. The van der Waals surface area contributed by atoms with Gasteiger partial charge in [0, 0.05) is 18.6 Å². The number of nitrogens with two attached hydrogens (primary N) is 1. The van der Waals surface area contributed by atoms with Crippen LogP contribution in [0.4, 0.5) is 10.9 Å². The van der Waals surface area contributed by atoms with Crippen molar-refractivity contribution in [2.45, 2.75) is 46.6 Å². The molecule has 6 heteroatoms. The predicted octanol–water partition coefficient (Wildman–Crippen LogP) is 2.49. The molecule has 0 aliphatic carbocycles. The van der Waals surface area contributed by atoms with Crippen LogP contribution in [0.5, 0.6) is 0 Å². The molecule has 0 aliphatic heterocycles. The first-order valence-corrected chi connectivity index (χ1v) is 7.50. The fourth-order valence-electron chi connectivity index (χ4n) is 1.56. The third kappa shape index (κ3) is 3.83. The van der Waals surface area contributed by atoms with Crippen LogP contribution in [0.3, 0.4) is 0 Å². The lowest BCUT2D eigenvalue weighted by molar-refractivity contribution is 0.0916. The highest BCUT2D eigenvalue weighted by Crippen LogP contribution is 2.28. The molecule has 3 N–H and O–H groups in total. The first kappa shape index (κ1) is 15.8. The number of thiazole rings is 1. The van der Waals surface area contributed by atoms with Crippen molar-refractivity contribution in [1.82, 2.24) is 10.3 Å². The van der Waals surface area contributed by atoms with Gasteiger partial charge in [-0.15, -0.1) is 0 Å². The Bertz CT molecular complexity index is 438. The molecular weight excluding hydrogens is 260 g/mol. The van der Waals surface area contributed by atoms with Crippen LogP contribution in [0.2, 0.25) is 0 Å². The van der Waals surface area contributed by atoms with E-state index in [-0.39, 0.29) is 11.4 Å². The Balaban J connectivity index is 2.93. The number of hydrogen-bond donors (Lipinski definition) is 2. The molecule has 1 rings (SSSR count). The van der Waals surface area contributed by atoms with E-state index in [1.165, 1.54) is 11.3 Å². The van der Waals surface area contributed by atoms with Crippen LogP contribution in [0, 0.1) is 0 Å². The van der Waals surface area contributed by atoms with Crippen molar-refractivity contribution in [3.8, 4) is 0 Å². The van der Waals surface area contributed by atoms with E-state index in [9.17, 15) is 4.79 Å². The molecule has 0 aromatic carbocycles. The van der Waals surface area contributed by atoms with Gasteiger partial charge < -0.3 is 16.0 Å². The molecule has 1 amide bonds. The van der Waals surface area contributed by atoms with Crippen LogP contribution in [-0.4, -0.2) is 29.5 Å². The average Bonchev–Trinajstić information content (AvgIpc) is 2.72. The number of nitrogens with zero attached hydrogens (tertiary/aromatic N) is 2. The standard InChI is InChI=1S/C13H24N4OS/c1-6-13(4,5)16-11(18)9-10(14)15-12(19-9)17(7-2)8-3/h6-8,14H2,1-5H3,(H,16,18). The summed E-state index contributed by atoms with van der Waals surface area (Å²) in [6.07, 6.45) is 0.861. The summed E-state index contributed by atoms with van der Waals surface area (Å²) in [6.45, 7) is 11.8. The maximum atomic E-state index is 12.2. The highest BCUT2D eigenvalue weighted by atomic mass is 32.1. The molecule has 0 fully saturated rings. The van der Waals surface area contributed by atoms with Gasteiger partial charge in [0.1, 0.15) is 10.7 Å². The summed E-state index contributed by atoms with van der Waals surface area (Å²) in [5.41, 5.74) is 5.63. The third-order valence-electron chi connectivity index (χ3n) is 3.22. The van der Waals surface area contributed by atoms with Crippen molar-refractivity contribution in [2.75, 3.05) is 23.7 Å². The Morgan fingerprint density at radius 3 is 2.42 bits per heavy atom. The number of nitrogens with one attached hydrogen (secondary N) is 1. The van der Waals surface area contributed by atoms with Gasteiger partial charge in [-0.3, -0.25) is 4.79 Å². The van der Waals surface area contributed by atoms with Crippen molar-refractivity contribution < 1.29 is 4.79 Å². The van der Waals surface area contributed by atoms with Gasteiger partial charge in [-0.25, -0.2) is 4.98 Å². The van der Waals surface area contributed by atoms with Gasteiger partial charge in [0.15, 0.2) is 5.13 Å². The van der Waals surface area contributed by atoms with E-state index in [2.05, 4.69) is 29.0 Å². The van der Waals surface area contributed by atoms with Gasteiger partial charge in [0.2, 0.25) is 0 Å². The summed E-state index contributed by atoms with van der Waals surface area (Å²) >= 11 is 1.35. The second-order valence-electron chi connectivity index (χ2n) is 5.07. The zero-order chi connectivity index (χ0) is 14.6. The zero-order valence-electron chi connectivity index (χ0n) is 12.4. The van der Waals surface area contributed by atoms with Crippen LogP contribution in [0.15, 0.2) is 0 Å². The van der Waals surface area contributed by atoms with E-state index < -0.39 is 0 Å². The fraction of sp³-hybridized carbons (Fsp3) is 0.692. The molecule has 0 saturated carbocycles. The zero-order valence-corrected chi connectivity index (χ0v) is 13.2. The number of anilines is 2. The van der Waals surface area contributed by atoms with Crippen LogP contribution in [0.25, 0.3) is 0 Å². The number of carbonyl (C=O) groups is 1. The van der Waals surface area contributed by atoms with E-state index in [1.54, 1.807) is 0 Å². The molecule has 19 heavy (non-hydrogen) atoms. The number of rotatable bonds is 6. The Kier molecular flexibility index (Phi) is 5.17. The smallest absolute Gasteiger partial charge is 0.265 e. The normalized spacial score (nSPS) is 11.4. The molecule has 0 bridgehead atoms. The molecular formula is C13H24N4OS. The molecule has 1 aromatic heterocycles. The number of hydrogen-bond acceptors (Lipinski definition) is 5. The van der Waals surface area contributed by atoms with Gasteiger partial charge in [-0.2, -0.15) is 0 Å². The van der Waals surface area contributed by atoms with Gasteiger partial charge in [0.25, 0.3) is 5.91 Å². The van der Waals surface area contributed by atoms with Crippen molar-refractivity contribution in [3.05, 3.63) is 4.88 Å². The second-order valence-corrected chi connectivity index (χ2v) is 6.05. The molecule has 0 spiro atoms. The highest BCUT2D eigenvalue weighted by molar-refractivity contribution is 7.18. The maximum Gasteiger partial charge on any atom is 0.265 e. The monoisotopic (exact) mass is 284 g/mol. The van der Waals surface area contributed by atoms with Crippen molar-refractivity contribution >= 4 is 28.2 Å². The Labute approximate surface area is 119 Å². The molecule has 0 unspecified atom stereocenters. The van der Waals surface area contributed by atoms with Crippen LogP contribution >= 0.6 is 11.3 Å². The predicted molar refractivity (Wildman–Crippen MR) is 81.9 cm³/mol. The van der Waals surface area contributed by atoms with Gasteiger partial charge in [-0.1, -0.05) is 18.3 Å². The first-order chi connectivity index (χ1) is 8.84. The lowest BCUT2D eigenvalue weighted by Gasteiger charge is -2.24. The van der Waals surface area contributed by atoms with Gasteiger partial charge >= 0.3 is 0 Å². The van der Waals surface area contributed by atoms with Crippen molar-refractivity contribution in [3.63, 3.8) is 0 Å². The molecule has 108 valence electrons. The summed E-state index contributed by atoms with van der Waals surface area (Å²) in [4.78, 5) is 19.1. The summed E-state index contributed by atoms with van der Waals surface area (Å²) in [5, 5.41) is 3.79. The first-order valence-electron chi connectivity index (χ1n) is 6.68. The Hall–Kier alpha value is -1.30. The molecule has 0 saturated heterocycles. The average molecular weight is 284 g/mol. The number of amides is 1. The Morgan fingerprint density at radius 1 is 1.37 bits per heavy atom. The summed E-state index contributed by atoms with van der Waals surface area (Å²) < 4.78 is 0. The molecule has 1 heterocycles. The van der Waals surface area contributed by atoms with Crippen LogP contribution in [-0.2, 0) is 0 Å². The molecule has 0 radical (unpaired) electrons. The third-order valence-corrected chi connectivity index (χ3v) is 4.35. The summed E-state index contributed by atoms with van der Waals surface area (Å²) in [5.74, 6) is 0.177. The topological polar surface area (TPSA) is 71.2 Å². The molecule has 0 aliphatic rings. The maximum absolute atomic E-state index is 12.2. The van der Waals surface area contributed by atoms with E-state index >= 15 is 0 Å². The highest BCUT2D eigenvalue weighted by Gasteiger charge is 2.23. The molecule has 1 aromatic rings. The number of nitrogen functional groups attached to an aromatic ring is 1. The SMILES string of the molecule is CCN(CC)c1nc(N)c(C(=O)NC(C)(C)CC)s1. The number of carbonyl (C=O) groups excluding carboxylic acids is 1. The fourth-order valence-corrected chi connectivity index (χ4v) is 2.57. The minimum atomic E-state index is -0.233. The van der Waals surface area contributed by atoms with E-state index in [0.29, 0.717) is 10.7 Å². The quantitative estimate of drug-likeness (QED) is 0.842. The van der Waals surface area contributed by atoms with Crippen molar-refractivity contribution in [1.29, 1.82) is 0 Å². The second kappa shape index (κ2) is 6.23. The summed E-state index contributed by atoms with van der Waals surface area (Å²) in [6, 6.07) is 0. The number of aromatic nitrogens is 1. The minimum Gasteiger partial charge on any atom is -0.382 e. The van der Waals surface area contributed by atoms with E-state index in [0.717, 1.165) is 24.6 Å². The van der Waals surface area contributed by atoms with Gasteiger partial charge in [-0.05, 0) is 34.1 Å². The van der Waals surface area contributed by atoms with E-state index in [1.807, 2.05) is 20.8 Å². The van der Waals surface area contributed by atoms with E-state index in [4.69, 9.17) is 5.73 Å². The largest absolute Gasteiger partial charge is 0.382 e. The van der Waals surface area contributed by atoms with Crippen LogP contribution in [0.1, 0.15) is 50.7 Å². The Morgan fingerprint density at radius 2 is 1.95 bits per heavy atom. The molecule has 5 nitrogen and oxygen atoms in total. The summed E-state index contributed by atoms with van der Waals surface area (Å²) in [7, 11) is 0.